The Bertz CT molecular complexity index is 741. The summed E-state index contributed by atoms with van der Waals surface area (Å²) in [6.45, 7) is 3.82. The molecule has 2 unspecified atom stereocenters. The summed E-state index contributed by atoms with van der Waals surface area (Å²) in [5, 5.41) is 54.1. The van der Waals surface area contributed by atoms with Gasteiger partial charge in [0.2, 0.25) is 5.91 Å². The van der Waals surface area contributed by atoms with Gasteiger partial charge in [0, 0.05) is 6.42 Å². The van der Waals surface area contributed by atoms with Crippen LogP contribution in [0.2, 0.25) is 0 Å². The normalized spacial score (nSPS) is 22.3. The lowest BCUT2D eigenvalue weighted by Crippen LogP contribution is -2.60. The lowest BCUT2D eigenvalue weighted by atomic mass is 9.99. The average molecular weight is 702 g/mol. The Balaban J connectivity index is 2.36. The van der Waals surface area contributed by atoms with E-state index < -0.39 is 49.5 Å². The maximum Gasteiger partial charge on any atom is 0.220 e. The summed E-state index contributed by atoms with van der Waals surface area (Å²) in [5.74, 6) is -0.143. The number of amides is 1. The Morgan fingerprint density at radius 1 is 0.612 bits per heavy atom. The largest absolute Gasteiger partial charge is 0.394 e. The van der Waals surface area contributed by atoms with E-state index in [1.54, 1.807) is 0 Å². The van der Waals surface area contributed by atoms with Gasteiger partial charge in [0.25, 0.3) is 0 Å². The van der Waals surface area contributed by atoms with Crippen LogP contribution in [-0.2, 0) is 14.3 Å². The third kappa shape index (κ3) is 23.4. The molecule has 1 rings (SSSR count). The molecule has 6 N–H and O–H groups in total. The second kappa shape index (κ2) is 31.9. The number of ether oxygens (including phenoxy) is 2. The molecule has 0 bridgehead atoms. The molecule has 1 aliphatic rings. The third-order valence-corrected chi connectivity index (χ3v) is 10.2. The van der Waals surface area contributed by atoms with Crippen molar-refractivity contribution >= 4 is 5.91 Å². The smallest absolute Gasteiger partial charge is 0.220 e. The predicted molar refractivity (Wildman–Crippen MR) is 198 cm³/mol. The maximum atomic E-state index is 12.9. The van der Waals surface area contributed by atoms with Crippen LogP contribution in [-0.4, -0.2) is 87.5 Å². The topological polar surface area (TPSA) is 149 Å². The monoisotopic (exact) mass is 702 g/mol. The van der Waals surface area contributed by atoms with Gasteiger partial charge >= 0.3 is 0 Å². The van der Waals surface area contributed by atoms with Gasteiger partial charge in [-0.05, 0) is 12.8 Å². The number of aliphatic hydroxyl groups excluding tert-OH is 5. The second-order valence-corrected chi connectivity index (χ2v) is 14.8. The first-order valence-electron chi connectivity index (χ1n) is 20.7. The molecule has 9 heteroatoms. The van der Waals surface area contributed by atoms with Crippen LogP contribution in [0.25, 0.3) is 0 Å². The number of rotatable bonds is 34. The van der Waals surface area contributed by atoms with Crippen LogP contribution in [0.3, 0.4) is 0 Å². The third-order valence-electron chi connectivity index (χ3n) is 10.2. The molecule has 7 atom stereocenters. The molecule has 0 aromatic heterocycles. The number of aliphatic hydroxyl groups is 5. The Kier molecular flexibility index (Phi) is 30.1. The Labute approximate surface area is 300 Å². The first-order valence-corrected chi connectivity index (χ1v) is 20.7. The van der Waals surface area contributed by atoms with E-state index >= 15 is 0 Å². The molecule has 0 saturated carbocycles. The first-order chi connectivity index (χ1) is 23.8. The minimum absolute atomic E-state index is 0.132. The fourth-order valence-corrected chi connectivity index (χ4v) is 6.81. The van der Waals surface area contributed by atoms with Gasteiger partial charge in [-0.15, -0.1) is 0 Å². The molecule has 0 aliphatic carbocycles. The number of nitrogens with one attached hydrogen (secondary N) is 1. The number of carbonyl (C=O) groups is 1. The molecule has 49 heavy (non-hydrogen) atoms. The summed E-state index contributed by atoms with van der Waals surface area (Å²) >= 11 is 0. The van der Waals surface area contributed by atoms with Crippen molar-refractivity contribution in [3.63, 3.8) is 0 Å². The molecule has 292 valence electrons. The molecule has 0 spiro atoms. The van der Waals surface area contributed by atoms with Crippen LogP contribution < -0.4 is 5.32 Å². The molecule has 9 nitrogen and oxygen atoms in total. The van der Waals surface area contributed by atoms with Crippen molar-refractivity contribution in [3.05, 3.63) is 0 Å². The van der Waals surface area contributed by atoms with Gasteiger partial charge in [0.1, 0.15) is 24.4 Å². The van der Waals surface area contributed by atoms with Gasteiger partial charge in [-0.25, -0.2) is 0 Å². The number of unbranched alkanes of at least 4 members (excludes halogenated alkanes) is 24. The lowest BCUT2D eigenvalue weighted by Gasteiger charge is -2.40. The van der Waals surface area contributed by atoms with Gasteiger partial charge in [-0.1, -0.05) is 174 Å². The van der Waals surface area contributed by atoms with Gasteiger partial charge in [0.15, 0.2) is 6.29 Å². The van der Waals surface area contributed by atoms with Crippen LogP contribution in [0.5, 0.6) is 0 Å². The predicted octanol–water partition coefficient (Wildman–Crippen LogP) is 7.61. The number of carbonyl (C=O) groups excluding carboxylic acids is 1. The van der Waals surface area contributed by atoms with E-state index in [1.807, 2.05) is 0 Å². The Hall–Kier alpha value is -0.810. The van der Waals surface area contributed by atoms with E-state index in [9.17, 15) is 30.3 Å². The van der Waals surface area contributed by atoms with Crippen molar-refractivity contribution in [2.75, 3.05) is 13.2 Å². The minimum Gasteiger partial charge on any atom is -0.394 e. The molecule has 1 aliphatic heterocycles. The SMILES string of the molecule is CCCCCCCCCCCCCCCCCC(=O)N[C@@H](CO[C@@H]1O[C@H](CO)[C@@H](O)C(O)C1O)[C@H](O)CCCCCCCCCCCCC. The number of hydrogen-bond donors (Lipinski definition) is 6. The van der Waals surface area contributed by atoms with E-state index in [2.05, 4.69) is 19.2 Å². The van der Waals surface area contributed by atoms with Gasteiger partial charge < -0.3 is 40.3 Å². The molecular weight excluding hydrogens is 622 g/mol. The van der Waals surface area contributed by atoms with Crippen molar-refractivity contribution in [2.45, 2.75) is 236 Å². The molecule has 0 radical (unpaired) electrons. The summed E-state index contributed by atoms with van der Waals surface area (Å²) in [6.07, 6.45) is 25.3. The van der Waals surface area contributed by atoms with Crippen LogP contribution in [0.1, 0.15) is 194 Å². The average Bonchev–Trinajstić information content (AvgIpc) is 3.10. The number of hydrogen-bond acceptors (Lipinski definition) is 8. The van der Waals surface area contributed by atoms with Crippen LogP contribution in [0, 0.1) is 0 Å². The Morgan fingerprint density at radius 3 is 1.45 bits per heavy atom. The molecule has 1 fully saturated rings. The van der Waals surface area contributed by atoms with Gasteiger partial charge in [-0.2, -0.15) is 0 Å². The zero-order valence-electron chi connectivity index (χ0n) is 31.7. The molecule has 0 aromatic rings. The van der Waals surface area contributed by atoms with E-state index in [4.69, 9.17) is 9.47 Å². The zero-order chi connectivity index (χ0) is 36.0. The van der Waals surface area contributed by atoms with E-state index in [0.29, 0.717) is 12.8 Å². The van der Waals surface area contributed by atoms with Crippen LogP contribution in [0.4, 0.5) is 0 Å². The summed E-state index contributed by atoms with van der Waals surface area (Å²) in [6, 6.07) is -0.709. The molecule has 0 aromatic carbocycles. The fourth-order valence-electron chi connectivity index (χ4n) is 6.81. The molecular formula is C40H79NO8. The second-order valence-electron chi connectivity index (χ2n) is 14.8. The van der Waals surface area contributed by atoms with Gasteiger partial charge in [-0.3, -0.25) is 4.79 Å². The van der Waals surface area contributed by atoms with Crippen molar-refractivity contribution in [3.8, 4) is 0 Å². The van der Waals surface area contributed by atoms with Crippen LogP contribution in [0.15, 0.2) is 0 Å². The van der Waals surface area contributed by atoms with Crippen molar-refractivity contribution in [2.24, 2.45) is 0 Å². The minimum atomic E-state index is -1.55. The maximum absolute atomic E-state index is 12.9. The lowest BCUT2D eigenvalue weighted by molar-refractivity contribution is -0.302. The summed E-state index contributed by atoms with van der Waals surface area (Å²) in [4.78, 5) is 12.9. The van der Waals surface area contributed by atoms with Crippen LogP contribution >= 0.6 is 0 Å². The molecule has 1 saturated heterocycles. The highest BCUT2D eigenvalue weighted by Gasteiger charge is 2.44. The quantitative estimate of drug-likeness (QED) is 0.0376. The zero-order valence-corrected chi connectivity index (χ0v) is 31.7. The van der Waals surface area contributed by atoms with E-state index in [1.165, 1.54) is 128 Å². The summed E-state index contributed by atoms with van der Waals surface area (Å²) in [7, 11) is 0. The highest BCUT2D eigenvalue weighted by molar-refractivity contribution is 5.76. The summed E-state index contributed by atoms with van der Waals surface area (Å²) < 4.78 is 11.2. The van der Waals surface area contributed by atoms with Gasteiger partial charge in [0.05, 0.1) is 25.4 Å². The highest BCUT2D eigenvalue weighted by atomic mass is 16.7. The molecule has 1 amide bonds. The standard InChI is InChI=1S/C40H79NO8/c1-3-5-7-9-11-13-15-16-17-18-20-22-24-26-28-30-36(44)41-33(32-48-40-39(47)38(46)37(45)35(31-42)49-40)34(43)29-27-25-23-21-19-14-12-10-8-6-4-2/h33-35,37-40,42-43,45-47H,3-32H2,1-2H3,(H,41,44)/t33-,34+,35+,37+,38?,39?,40+/m0/s1. The van der Waals surface area contributed by atoms with E-state index in [-0.39, 0.29) is 12.5 Å². The highest BCUT2D eigenvalue weighted by Crippen LogP contribution is 2.23. The fraction of sp³-hybridized carbons (Fsp3) is 0.975. The summed E-state index contributed by atoms with van der Waals surface area (Å²) in [5.41, 5.74) is 0. The molecule has 1 heterocycles. The van der Waals surface area contributed by atoms with Crippen molar-refractivity contribution in [1.82, 2.24) is 5.32 Å². The van der Waals surface area contributed by atoms with Crippen molar-refractivity contribution < 1.29 is 39.8 Å². The van der Waals surface area contributed by atoms with E-state index in [0.717, 1.165) is 38.5 Å². The Morgan fingerprint density at radius 2 is 1.02 bits per heavy atom. The first kappa shape index (κ1) is 46.2. The van der Waals surface area contributed by atoms with Crippen molar-refractivity contribution in [1.29, 1.82) is 0 Å².